The topological polar surface area (TPSA) is 64.3 Å². The fourth-order valence-electron chi connectivity index (χ4n) is 4.04. The van der Waals surface area contributed by atoms with Crippen molar-refractivity contribution < 1.29 is 4.79 Å². The van der Waals surface area contributed by atoms with E-state index in [1.54, 1.807) is 0 Å². The number of aryl methyl sites for hydroxylation is 1. The highest BCUT2D eigenvalue weighted by molar-refractivity contribution is 5.99. The Bertz CT molecular complexity index is 1090. The monoisotopic (exact) mass is 417 g/mol. The van der Waals surface area contributed by atoms with E-state index in [4.69, 9.17) is 0 Å². The maximum atomic E-state index is 11.8. The van der Waals surface area contributed by atoms with Crippen molar-refractivity contribution in [2.45, 2.75) is 26.8 Å². The van der Waals surface area contributed by atoms with Gasteiger partial charge in [-0.2, -0.15) is 5.10 Å². The first-order valence-corrected chi connectivity index (χ1v) is 11.0. The molecule has 162 valence electrons. The number of rotatable bonds is 6. The first kappa shape index (κ1) is 21.3. The summed E-state index contributed by atoms with van der Waals surface area (Å²) in [5.41, 5.74) is 6.20. The molecule has 2 heterocycles. The lowest BCUT2D eigenvalue weighted by Crippen LogP contribution is -2.43. The van der Waals surface area contributed by atoms with Crippen LogP contribution in [-0.4, -0.2) is 59.1 Å². The molecule has 1 aliphatic heterocycles. The Morgan fingerprint density at radius 3 is 2.74 bits per heavy atom. The second kappa shape index (κ2) is 9.45. The predicted molar refractivity (Wildman–Crippen MR) is 128 cm³/mol. The van der Waals surface area contributed by atoms with Crippen molar-refractivity contribution in [1.82, 2.24) is 20.0 Å². The van der Waals surface area contributed by atoms with E-state index < -0.39 is 0 Å². The quantitative estimate of drug-likeness (QED) is 0.633. The second-order valence-electron chi connectivity index (χ2n) is 8.33. The molecule has 0 spiro atoms. The Morgan fingerprint density at radius 1 is 1.16 bits per heavy atom. The Hall–Kier alpha value is -2.96. The van der Waals surface area contributed by atoms with Gasteiger partial charge in [-0.05, 0) is 48.9 Å². The fourth-order valence-corrected chi connectivity index (χ4v) is 4.04. The van der Waals surface area contributed by atoms with Gasteiger partial charge in [0.25, 0.3) is 0 Å². The van der Waals surface area contributed by atoms with Gasteiger partial charge in [0.1, 0.15) is 0 Å². The van der Waals surface area contributed by atoms with Crippen molar-refractivity contribution >= 4 is 34.6 Å². The van der Waals surface area contributed by atoms with E-state index in [0.717, 1.165) is 66.1 Å². The number of carbonyl (C=O) groups excluding carboxylic acids is 1. The number of hydrogen-bond acceptors (Lipinski definition) is 4. The number of hydrogen-bond donors (Lipinski definition) is 2. The Kier molecular flexibility index (Phi) is 6.49. The number of carbonyl (C=O) groups is 1. The zero-order valence-electron chi connectivity index (χ0n) is 18.6. The molecule has 6 heteroatoms. The van der Waals surface area contributed by atoms with E-state index in [0.29, 0.717) is 6.42 Å². The average Bonchev–Trinajstić information content (AvgIpc) is 3.20. The van der Waals surface area contributed by atoms with Gasteiger partial charge in [-0.3, -0.25) is 14.8 Å². The average molecular weight is 418 g/mol. The number of nitrogens with one attached hydrogen (secondary N) is 2. The van der Waals surface area contributed by atoms with Gasteiger partial charge in [0.15, 0.2) is 0 Å². The molecule has 2 N–H and O–H groups in total. The molecule has 1 saturated heterocycles. The Labute approximate surface area is 183 Å². The molecule has 0 unspecified atom stereocenters. The highest BCUT2D eigenvalue weighted by atomic mass is 16.1. The van der Waals surface area contributed by atoms with Gasteiger partial charge >= 0.3 is 0 Å². The minimum absolute atomic E-state index is 0.0141. The lowest BCUT2D eigenvalue weighted by Gasteiger charge is -2.32. The molecule has 1 aliphatic rings. The van der Waals surface area contributed by atoms with Crippen LogP contribution in [0.4, 0.5) is 5.69 Å². The third-order valence-corrected chi connectivity index (χ3v) is 6.00. The summed E-state index contributed by atoms with van der Waals surface area (Å²) < 4.78 is 0. The van der Waals surface area contributed by atoms with Crippen LogP contribution in [0.2, 0.25) is 0 Å². The normalized spacial score (nSPS) is 15.7. The number of nitrogens with zero attached hydrogens (tertiary/aromatic N) is 3. The summed E-state index contributed by atoms with van der Waals surface area (Å²) in [6, 6.07) is 12.6. The predicted octanol–water partition coefficient (Wildman–Crippen LogP) is 4.14. The summed E-state index contributed by atoms with van der Waals surface area (Å²) >= 11 is 0. The van der Waals surface area contributed by atoms with Crippen molar-refractivity contribution in [3.05, 3.63) is 58.8 Å². The molecule has 1 amide bonds. The van der Waals surface area contributed by atoms with Crippen LogP contribution in [0.15, 0.2) is 36.4 Å². The van der Waals surface area contributed by atoms with Gasteiger partial charge in [0.2, 0.25) is 5.91 Å². The van der Waals surface area contributed by atoms with E-state index in [1.807, 2.05) is 32.1 Å². The van der Waals surface area contributed by atoms with Crippen LogP contribution in [0.25, 0.3) is 23.1 Å². The zero-order chi connectivity index (χ0) is 21.8. The lowest BCUT2D eigenvalue weighted by molar-refractivity contribution is -0.115. The Morgan fingerprint density at radius 2 is 1.97 bits per heavy atom. The molecular weight excluding hydrogens is 386 g/mol. The number of likely N-dealkylation sites (N-methyl/N-ethyl adjacent to an activating group) is 1. The summed E-state index contributed by atoms with van der Waals surface area (Å²) in [6.45, 7) is 9.36. The van der Waals surface area contributed by atoms with Gasteiger partial charge in [-0.15, -0.1) is 0 Å². The van der Waals surface area contributed by atoms with Gasteiger partial charge < -0.3 is 10.2 Å². The molecule has 1 fully saturated rings. The van der Waals surface area contributed by atoms with Crippen molar-refractivity contribution in [3.8, 4) is 0 Å². The zero-order valence-corrected chi connectivity index (χ0v) is 18.6. The van der Waals surface area contributed by atoms with Crippen LogP contribution in [0.5, 0.6) is 0 Å². The second-order valence-corrected chi connectivity index (χ2v) is 8.33. The smallest absolute Gasteiger partial charge is 0.224 e. The number of aromatic nitrogens is 2. The standard InChI is InChI=1S/C25H31N5O/c1-4-24(31)26-21-10-11-23-25(18(21)2)22(27-28-23)9-8-19-6-5-7-20(16-19)17-30-14-12-29(3)13-15-30/h5-11,16H,4,12-15,17H2,1-3H3,(H,26,31)(H,27,28)/b9-8+. The first-order chi connectivity index (χ1) is 15.0. The third-order valence-electron chi connectivity index (χ3n) is 6.00. The highest BCUT2D eigenvalue weighted by Gasteiger charge is 2.14. The largest absolute Gasteiger partial charge is 0.326 e. The first-order valence-electron chi connectivity index (χ1n) is 11.0. The van der Waals surface area contributed by atoms with Crippen LogP contribution < -0.4 is 5.32 Å². The number of fused-ring (bicyclic) bond motifs is 1. The van der Waals surface area contributed by atoms with Crippen LogP contribution in [-0.2, 0) is 11.3 Å². The fraction of sp³-hybridized carbons (Fsp3) is 0.360. The maximum Gasteiger partial charge on any atom is 0.224 e. The Balaban J connectivity index is 1.53. The number of benzene rings is 2. The number of aromatic amines is 1. The number of amides is 1. The number of anilines is 1. The minimum atomic E-state index is 0.0141. The van der Waals surface area contributed by atoms with Crippen molar-refractivity contribution in [2.24, 2.45) is 0 Å². The molecule has 0 aliphatic carbocycles. The molecular formula is C25H31N5O. The lowest BCUT2D eigenvalue weighted by atomic mass is 10.0. The molecule has 0 saturated carbocycles. The summed E-state index contributed by atoms with van der Waals surface area (Å²) in [6.07, 6.45) is 4.62. The SMILES string of the molecule is CCC(=O)Nc1ccc2[nH]nc(/C=C/c3cccc(CN4CCN(C)CC4)c3)c2c1C. The van der Waals surface area contributed by atoms with Gasteiger partial charge in [-0.1, -0.05) is 37.3 Å². The van der Waals surface area contributed by atoms with Crippen LogP contribution in [0, 0.1) is 6.92 Å². The van der Waals surface area contributed by atoms with E-state index in [2.05, 4.69) is 62.7 Å². The van der Waals surface area contributed by atoms with Gasteiger partial charge in [0.05, 0.1) is 11.2 Å². The van der Waals surface area contributed by atoms with E-state index >= 15 is 0 Å². The molecule has 6 nitrogen and oxygen atoms in total. The van der Waals surface area contributed by atoms with Crippen LogP contribution in [0.1, 0.15) is 35.7 Å². The minimum Gasteiger partial charge on any atom is -0.326 e. The number of H-pyrrole nitrogens is 1. The van der Waals surface area contributed by atoms with E-state index in [9.17, 15) is 4.79 Å². The van der Waals surface area contributed by atoms with Crippen molar-refractivity contribution in [3.63, 3.8) is 0 Å². The molecule has 0 bridgehead atoms. The number of piperazine rings is 1. The maximum absolute atomic E-state index is 11.8. The third kappa shape index (κ3) is 5.03. The highest BCUT2D eigenvalue weighted by Crippen LogP contribution is 2.28. The summed E-state index contributed by atoms with van der Waals surface area (Å²) in [4.78, 5) is 16.7. The summed E-state index contributed by atoms with van der Waals surface area (Å²) in [5, 5.41) is 11.6. The van der Waals surface area contributed by atoms with Crippen molar-refractivity contribution in [2.75, 3.05) is 38.5 Å². The molecule has 2 aromatic carbocycles. The van der Waals surface area contributed by atoms with Crippen LogP contribution in [0.3, 0.4) is 0 Å². The molecule has 31 heavy (non-hydrogen) atoms. The summed E-state index contributed by atoms with van der Waals surface area (Å²) in [5.74, 6) is 0.0141. The van der Waals surface area contributed by atoms with Crippen LogP contribution >= 0.6 is 0 Å². The molecule has 0 radical (unpaired) electrons. The van der Waals surface area contributed by atoms with E-state index in [1.165, 1.54) is 5.56 Å². The van der Waals surface area contributed by atoms with Crippen molar-refractivity contribution in [1.29, 1.82) is 0 Å². The summed E-state index contributed by atoms with van der Waals surface area (Å²) in [7, 11) is 2.18. The van der Waals surface area contributed by atoms with E-state index in [-0.39, 0.29) is 5.91 Å². The molecule has 3 aromatic rings. The molecule has 1 aromatic heterocycles. The van der Waals surface area contributed by atoms with Gasteiger partial charge in [-0.25, -0.2) is 0 Å². The molecule has 4 rings (SSSR count). The molecule has 0 atom stereocenters. The van der Waals surface area contributed by atoms with Gasteiger partial charge in [0, 0.05) is 50.2 Å².